The van der Waals surface area contributed by atoms with Crippen molar-refractivity contribution in [2.24, 2.45) is 0 Å². The van der Waals surface area contributed by atoms with Crippen molar-refractivity contribution in [1.29, 1.82) is 0 Å². The number of halogens is 1. The minimum atomic E-state index is -4.05. The van der Waals surface area contributed by atoms with Crippen LogP contribution in [0.15, 0.2) is 29.2 Å². The molecule has 1 aromatic rings. The molecular weight excluding hydrogens is 371 g/mol. The van der Waals surface area contributed by atoms with Crippen LogP contribution in [0.2, 0.25) is 0 Å². The molecule has 0 aliphatic carbocycles. The Bertz CT molecular complexity index is 900. The number of benzene rings is 1. The topological polar surface area (TPSA) is 91.8 Å². The first kappa shape index (κ1) is 18.3. The smallest absolute Gasteiger partial charge is 0.243 e. The fourth-order valence-electron chi connectivity index (χ4n) is 3.50. The summed E-state index contributed by atoms with van der Waals surface area (Å²) < 4.78 is 64.5. The second-order valence-corrected chi connectivity index (χ2v) is 10.3. The van der Waals surface area contributed by atoms with E-state index in [1.807, 2.05) is 0 Å². The van der Waals surface area contributed by atoms with Crippen LogP contribution >= 0.6 is 0 Å². The first-order chi connectivity index (χ1) is 11.7. The molecule has 2 heterocycles. The molecular formula is C15H19FN2O5S2. The second kappa shape index (κ2) is 6.33. The maximum Gasteiger partial charge on any atom is 0.243 e. The van der Waals surface area contributed by atoms with Crippen molar-refractivity contribution in [2.75, 3.05) is 24.6 Å². The van der Waals surface area contributed by atoms with Crippen molar-refractivity contribution in [3.63, 3.8) is 0 Å². The summed E-state index contributed by atoms with van der Waals surface area (Å²) in [6.45, 7) is 1.79. The number of hydrogen-bond acceptors (Lipinski definition) is 5. The Hall–Kier alpha value is -1.52. The van der Waals surface area contributed by atoms with E-state index in [1.54, 1.807) is 6.92 Å². The number of carbonyl (C=O) groups excluding carboxylic acids is 1. The van der Waals surface area contributed by atoms with Crippen LogP contribution in [0.25, 0.3) is 0 Å². The Labute approximate surface area is 146 Å². The molecule has 138 valence electrons. The van der Waals surface area contributed by atoms with Crippen molar-refractivity contribution in [1.82, 2.24) is 9.21 Å². The third kappa shape index (κ3) is 3.30. The lowest BCUT2D eigenvalue weighted by Gasteiger charge is -2.42. The molecule has 2 aliphatic heterocycles. The third-order valence-electron chi connectivity index (χ3n) is 4.65. The lowest BCUT2D eigenvalue weighted by molar-refractivity contribution is -0.135. The van der Waals surface area contributed by atoms with Gasteiger partial charge in [-0.2, -0.15) is 4.31 Å². The van der Waals surface area contributed by atoms with E-state index in [1.165, 1.54) is 17.0 Å². The maximum absolute atomic E-state index is 13.4. The summed E-state index contributed by atoms with van der Waals surface area (Å²) >= 11 is 0. The molecule has 2 fully saturated rings. The Morgan fingerprint density at radius 2 is 1.92 bits per heavy atom. The van der Waals surface area contributed by atoms with E-state index >= 15 is 0 Å². The monoisotopic (exact) mass is 390 g/mol. The average Bonchev–Trinajstić information content (AvgIpc) is 2.87. The number of rotatable bonds is 3. The highest BCUT2D eigenvalue weighted by atomic mass is 32.2. The molecule has 2 aliphatic rings. The van der Waals surface area contributed by atoms with Gasteiger partial charge in [0.15, 0.2) is 9.84 Å². The van der Waals surface area contributed by atoms with Gasteiger partial charge >= 0.3 is 0 Å². The highest BCUT2D eigenvalue weighted by Crippen LogP contribution is 2.31. The van der Waals surface area contributed by atoms with Gasteiger partial charge in [-0.15, -0.1) is 0 Å². The Kier molecular flexibility index (Phi) is 4.63. The highest BCUT2D eigenvalue weighted by molar-refractivity contribution is 7.92. The Balaban J connectivity index is 2.00. The Morgan fingerprint density at radius 3 is 2.56 bits per heavy atom. The molecule has 2 atom stereocenters. The number of carbonyl (C=O) groups is 1. The van der Waals surface area contributed by atoms with Gasteiger partial charge in [0.05, 0.1) is 28.5 Å². The van der Waals surface area contributed by atoms with Crippen molar-refractivity contribution in [2.45, 2.75) is 30.3 Å². The van der Waals surface area contributed by atoms with Crippen LogP contribution in [0.1, 0.15) is 13.3 Å². The SMILES string of the molecule is CCC(=O)N1CCN(S(=O)(=O)c2cccc(F)c2)[C@H]2CS(=O)(=O)C[C@H]21. The number of sulfonamides is 1. The lowest BCUT2D eigenvalue weighted by Crippen LogP contribution is -2.61. The van der Waals surface area contributed by atoms with Crippen molar-refractivity contribution in [3.8, 4) is 0 Å². The summed E-state index contributed by atoms with van der Waals surface area (Å²) in [5.41, 5.74) is 0. The summed E-state index contributed by atoms with van der Waals surface area (Å²) in [6, 6.07) is 3.08. The van der Waals surface area contributed by atoms with Crippen LogP contribution in [0.4, 0.5) is 4.39 Å². The zero-order chi connectivity index (χ0) is 18.4. The van der Waals surface area contributed by atoms with E-state index in [2.05, 4.69) is 0 Å². The van der Waals surface area contributed by atoms with E-state index in [-0.39, 0.29) is 41.8 Å². The van der Waals surface area contributed by atoms with Crippen molar-refractivity contribution >= 4 is 25.8 Å². The van der Waals surface area contributed by atoms with Gasteiger partial charge in [0.2, 0.25) is 15.9 Å². The number of nitrogens with zero attached hydrogens (tertiary/aromatic N) is 2. The summed E-state index contributed by atoms with van der Waals surface area (Å²) in [7, 11) is -7.51. The van der Waals surface area contributed by atoms with E-state index in [4.69, 9.17) is 0 Å². The zero-order valence-corrected chi connectivity index (χ0v) is 15.3. The molecule has 7 nitrogen and oxygen atoms in total. The molecule has 3 rings (SSSR count). The molecule has 1 amide bonds. The van der Waals surface area contributed by atoms with Gasteiger partial charge in [0.1, 0.15) is 5.82 Å². The fraction of sp³-hybridized carbons (Fsp3) is 0.533. The van der Waals surface area contributed by atoms with Gasteiger partial charge in [-0.1, -0.05) is 13.0 Å². The molecule has 0 N–H and O–H groups in total. The maximum atomic E-state index is 13.4. The molecule has 0 spiro atoms. The lowest BCUT2D eigenvalue weighted by atomic mass is 10.1. The molecule has 25 heavy (non-hydrogen) atoms. The zero-order valence-electron chi connectivity index (χ0n) is 13.6. The average molecular weight is 390 g/mol. The number of hydrogen-bond donors (Lipinski definition) is 0. The largest absolute Gasteiger partial charge is 0.336 e. The van der Waals surface area contributed by atoms with Crippen LogP contribution < -0.4 is 0 Å². The predicted molar refractivity (Wildman–Crippen MR) is 88.5 cm³/mol. The summed E-state index contributed by atoms with van der Waals surface area (Å²) in [6.07, 6.45) is 0.222. The number of piperazine rings is 1. The normalized spacial score (nSPS) is 26.4. The fourth-order valence-corrected chi connectivity index (χ4v) is 7.25. The molecule has 2 saturated heterocycles. The quantitative estimate of drug-likeness (QED) is 0.737. The minimum absolute atomic E-state index is 0.0126. The number of fused-ring (bicyclic) bond motifs is 1. The van der Waals surface area contributed by atoms with Crippen LogP contribution in [0.5, 0.6) is 0 Å². The van der Waals surface area contributed by atoms with Crippen molar-refractivity contribution < 1.29 is 26.0 Å². The minimum Gasteiger partial charge on any atom is -0.336 e. The standard InChI is InChI=1S/C15H19FN2O5S2/c1-2-15(19)17-6-7-18(14-10-24(20,21)9-13(14)17)25(22,23)12-5-3-4-11(16)8-12/h3-5,8,13-14H,2,6-7,9-10H2,1H3/t13-,14+/m1/s1. The highest BCUT2D eigenvalue weighted by Gasteiger charge is 2.51. The summed E-state index contributed by atoms with van der Waals surface area (Å²) in [4.78, 5) is 13.4. The van der Waals surface area contributed by atoms with E-state index < -0.39 is 37.8 Å². The molecule has 0 unspecified atom stereocenters. The van der Waals surface area contributed by atoms with Crippen molar-refractivity contribution in [3.05, 3.63) is 30.1 Å². The van der Waals surface area contributed by atoms with Crippen LogP contribution in [0.3, 0.4) is 0 Å². The van der Waals surface area contributed by atoms with Gasteiger partial charge in [0.25, 0.3) is 0 Å². The number of sulfone groups is 1. The van der Waals surface area contributed by atoms with Crippen LogP contribution in [-0.2, 0) is 24.7 Å². The molecule has 0 radical (unpaired) electrons. The van der Waals surface area contributed by atoms with Gasteiger partial charge in [0, 0.05) is 19.5 Å². The summed E-state index contributed by atoms with van der Waals surface area (Å²) in [5.74, 6) is -1.47. The first-order valence-corrected chi connectivity index (χ1v) is 11.2. The molecule has 10 heteroatoms. The van der Waals surface area contributed by atoms with Gasteiger partial charge in [-0.25, -0.2) is 21.2 Å². The molecule has 1 aromatic carbocycles. The predicted octanol–water partition coefficient (Wildman–Crippen LogP) is 0.234. The van der Waals surface area contributed by atoms with Crippen LogP contribution in [0, 0.1) is 5.82 Å². The van der Waals surface area contributed by atoms with Gasteiger partial charge in [-0.3, -0.25) is 4.79 Å². The molecule has 0 aromatic heterocycles. The first-order valence-electron chi connectivity index (χ1n) is 7.93. The van der Waals surface area contributed by atoms with Gasteiger partial charge in [-0.05, 0) is 18.2 Å². The molecule has 0 bridgehead atoms. The van der Waals surface area contributed by atoms with E-state index in [0.29, 0.717) is 0 Å². The van der Waals surface area contributed by atoms with Gasteiger partial charge < -0.3 is 4.90 Å². The van der Waals surface area contributed by atoms with E-state index in [9.17, 15) is 26.0 Å². The third-order valence-corrected chi connectivity index (χ3v) is 8.27. The summed E-state index contributed by atoms with van der Waals surface area (Å²) in [5, 5.41) is 0. The number of amides is 1. The molecule has 0 saturated carbocycles. The Morgan fingerprint density at radius 1 is 1.24 bits per heavy atom. The van der Waals surface area contributed by atoms with Crippen LogP contribution in [-0.4, -0.2) is 68.6 Å². The van der Waals surface area contributed by atoms with E-state index in [0.717, 1.165) is 16.4 Å². The second-order valence-electron chi connectivity index (χ2n) is 6.23.